The number of rotatable bonds is 5. The average molecular weight is 354 g/mol. The van der Waals surface area contributed by atoms with E-state index in [0.717, 1.165) is 22.4 Å². The summed E-state index contributed by atoms with van der Waals surface area (Å²) < 4.78 is 5.80. The molecule has 0 heterocycles. The molecule has 0 aliphatic heterocycles. The van der Waals surface area contributed by atoms with E-state index >= 15 is 0 Å². The van der Waals surface area contributed by atoms with Crippen LogP contribution in [-0.2, 0) is 0 Å². The van der Waals surface area contributed by atoms with E-state index < -0.39 is 0 Å². The van der Waals surface area contributed by atoms with Gasteiger partial charge >= 0.3 is 0 Å². The molecule has 0 saturated heterocycles. The van der Waals surface area contributed by atoms with Gasteiger partial charge in [-0.1, -0.05) is 35.0 Å². The van der Waals surface area contributed by atoms with Gasteiger partial charge in [0.05, 0.1) is 0 Å². The van der Waals surface area contributed by atoms with Gasteiger partial charge in [0.2, 0.25) is 0 Å². The summed E-state index contributed by atoms with van der Waals surface area (Å²) in [5, 5.41) is 0.948. The fraction of sp³-hybridized carbons (Fsp3) is 0.455. The van der Waals surface area contributed by atoms with Crippen LogP contribution >= 0.6 is 44.5 Å². The Labute approximate surface area is 113 Å². The Hall–Kier alpha value is 0.330. The van der Waals surface area contributed by atoms with Gasteiger partial charge in [0, 0.05) is 16.1 Å². The molecule has 15 heavy (non-hydrogen) atoms. The summed E-state index contributed by atoms with van der Waals surface area (Å²) >= 11 is 11.4. The Morgan fingerprint density at radius 1 is 1.40 bits per heavy atom. The highest BCUT2D eigenvalue weighted by Crippen LogP contribution is 2.27. The SMILES string of the molecule is CCC(CBr)C(Br)Oc1ccccc1S. The van der Waals surface area contributed by atoms with E-state index in [9.17, 15) is 0 Å². The van der Waals surface area contributed by atoms with E-state index in [4.69, 9.17) is 4.74 Å². The van der Waals surface area contributed by atoms with Crippen LogP contribution in [-0.4, -0.2) is 10.3 Å². The average Bonchev–Trinajstić information content (AvgIpc) is 2.23. The summed E-state index contributed by atoms with van der Waals surface area (Å²) in [4.78, 5) is 0.867. The molecule has 2 atom stereocenters. The van der Waals surface area contributed by atoms with E-state index in [2.05, 4.69) is 51.4 Å². The molecule has 4 heteroatoms. The second kappa shape index (κ2) is 6.81. The van der Waals surface area contributed by atoms with Gasteiger partial charge in [0.15, 0.2) is 5.01 Å². The Morgan fingerprint density at radius 3 is 2.60 bits per heavy atom. The van der Waals surface area contributed by atoms with E-state index in [1.54, 1.807) is 0 Å². The Balaban J connectivity index is 2.65. The zero-order chi connectivity index (χ0) is 11.3. The third kappa shape index (κ3) is 4.00. The summed E-state index contributed by atoms with van der Waals surface area (Å²) in [5.74, 6) is 1.28. The number of benzene rings is 1. The van der Waals surface area contributed by atoms with Crippen molar-refractivity contribution in [2.24, 2.45) is 5.92 Å². The molecule has 0 aromatic heterocycles. The van der Waals surface area contributed by atoms with Crippen LogP contribution in [0.15, 0.2) is 29.2 Å². The molecular weight excluding hydrogens is 340 g/mol. The predicted molar refractivity (Wildman–Crippen MR) is 74.6 cm³/mol. The van der Waals surface area contributed by atoms with E-state index in [1.165, 1.54) is 0 Å². The molecule has 1 rings (SSSR count). The number of alkyl halides is 2. The number of para-hydroxylation sites is 1. The lowest BCUT2D eigenvalue weighted by Gasteiger charge is -2.21. The van der Waals surface area contributed by atoms with Gasteiger partial charge in [-0.05, 0) is 34.5 Å². The van der Waals surface area contributed by atoms with Crippen LogP contribution < -0.4 is 4.74 Å². The van der Waals surface area contributed by atoms with Gasteiger partial charge in [-0.25, -0.2) is 0 Å². The largest absolute Gasteiger partial charge is 0.478 e. The number of hydrogen-bond donors (Lipinski definition) is 1. The fourth-order valence-electron chi connectivity index (χ4n) is 1.14. The van der Waals surface area contributed by atoms with Gasteiger partial charge in [-0.2, -0.15) is 0 Å². The summed E-state index contributed by atoms with van der Waals surface area (Å²) in [6, 6.07) is 7.74. The molecule has 1 aromatic rings. The number of ether oxygens (including phenoxy) is 1. The molecule has 1 nitrogen and oxygen atoms in total. The first-order valence-corrected chi connectivity index (χ1v) is 7.32. The predicted octanol–water partition coefficient (Wildman–Crippen LogP) is 4.50. The van der Waals surface area contributed by atoms with Gasteiger partial charge in [-0.3, -0.25) is 0 Å². The van der Waals surface area contributed by atoms with Crippen LogP contribution in [0.2, 0.25) is 0 Å². The number of halogens is 2. The lowest BCUT2D eigenvalue weighted by Crippen LogP contribution is -2.21. The third-order valence-electron chi connectivity index (χ3n) is 2.20. The molecule has 84 valence electrons. The van der Waals surface area contributed by atoms with Crippen LogP contribution in [0.3, 0.4) is 0 Å². The highest BCUT2D eigenvalue weighted by molar-refractivity contribution is 9.10. The van der Waals surface area contributed by atoms with Crippen LogP contribution in [0.1, 0.15) is 13.3 Å². The first-order valence-electron chi connectivity index (χ1n) is 4.83. The van der Waals surface area contributed by atoms with Crippen molar-refractivity contribution in [1.82, 2.24) is 0 Å². The molecule has 0 saturated carbocycles. The van der Waals surface area contributed by atoms with Gasteiger partial charge in [-0.15, -0.1) is 12.6 Å². The second-order valence-electron chi connectivity index (χ2n) is 3.26. The van der Waals surface area contributed by atoms with Crippen molar-refractivity contribution in [1.29, 1.82) is 0 Å². The molecule has 1 aromatic carbocycles. The Bertz CT molecular complexity index is 302. The van der Waals surface area contributed by atoms with Crippen molar-refractivity contribution in [3.63, 3.8) is 0 Å². The van der Waals surface area contributed by atoms with Crippen LogP contribution in [0.5, 0.6) is 5.75 Å². The molecule has 2 unspecified atom stereocenters. The molecular formula is C11H14Br2OS. The summed E-state index contributed by atoms with van der Waals surface area (Å²) in [7, 11) is 0. The minimum atomic E-state index is 0.0233. The van der Waals surface area contributed by atoms with Crippen LogP contribution in [0, 0.1) is 5.92 Å². The quantitative estimate of drug-likeness (QED) is 0.605. The standard InChI is InChI=1S/C11H14Br2OS/c1-2-8(7-12)11(13)14-9-5-3-4-6-10(9)15/h3-6,8,11,15H,2,7H2,1H3. The Kier molecular flexibility index (Phi) is 6.09. The normalized spacial score (nSPS) is 14.7. The summed E-state index contributed by atoms with van der Waals surface area (Å²) in [6.45, 7) is 2.15. The highest BCUT2D eigenvalue weighted by atomic mass is 79.9. The minimum Gasteiger partial charge on any atom is -0.478 e. The lowest BCUT2D eigenvalue weighted by molar-refractivity contribution is 0.227. The molecule has 0 aliphatic rings. The first-order chi connectivity index (χ1) is 7.19. The van der Waals surface area contributed by atoms with E-state index in [0.29, 0.717) is 5.92 Å². The maximum absolute atomic E-state index is 5.80. The van der Waals surface area contributed by atoms with E-state index in [1.807, 2.05) is 24.3 Å². The highest BCUT2D eigenvalue weighted by Gasteiger charge is 2.18. The van der Waals surface area contributed by atoms with Gasteiger partial charge in [0.25, 0.3) is 0 Å². The molecule has 0 N–H and O–H groups in total. The van der Waals surface area contributed by atoms with Gasteiger partial charge < -0.3 is 4.74 Å². The zero-order valence-electron chi connectivity index (χ0n) is 8.49. The molecule has 0 radical (unpaired) electrons. The molecule has 0 fully saturated rings. The van der Waals surface area contributed by atoms with Crippen molar-refractivity contribution >= 4 is 44.5 Å². The fourth-order valence-corrected chi connectivity index (χ4v) is 3.41. The number of thiol groups is 1. The third-order valence-corrected chi connectivity index (χ3v) is 4.33. The lowest BCUT2D eigenvalue weighted by atomic mass is 10.1. The van der Waals surface area contributed by atoms with Crippen molar-refractivity contribution in [3.8, 4) is 5.75 Å². The summed E-state index contributed by atoms with van der Waals surface area (Å²) in [6.07, 6.45) is 1.07. The summed E-state index contributed by atoms with van der Waals surface area (Å²) in [5.41, 5.74) is 0. The topological polar surface area (TPSA) is 9.23 Å². The molecule has 0 bridgehead atoms. The molecule has 0 aliphatic carbocycles. The van der Waals surface area contributed by atoms with Crippen LogP contribution in [0.25, 0.3) is 0 Å². The van der Waals surface area contributed by atoms with Crippen molar-refractivity contribution in [2.75, 3.05) is 5.33 Å². The molecule has 0 spiro atoms. The second-order valence-corrected chi connectivity index (χ2v) is 5.29. The molecule has 0 amide bonds. The maximum Gasteiger partial charge on any atom is 0.156 e. The smallest absolute Gasteiger partial charge is 0.156 e. The minimum absolute atomic E-state index is 0.0233. The maximum atomic E-state index is 5.80. The van der Waals surface area contributed by atoms with Crippen molar-refractivity contribution in [3.05, 3.63) is 24.3 Å². The van der Waals surface area contributed by atoms with Gasteiger partial charge in [0.1, 0.15) is 5.75 Å². The van der Waals surface area contributed by atoms with Crippen molar-refractivity contribution in [2.45, 2.75) is 23.3 Å². The van der Waals surface area contributed by atoms with E-state index in [-0.39, 0.29) is 5.01 Å². The number of hydrogen-bond acceptors (Lipinski definition) is 2. The Morgan fingerprint density at radius 2 is 2.07 bits per heavy atom. The zero-order valence-corrected chi connectivity index (χ0v) is 12.6. The van der Waals surface area contributed by atoms with Crippen molar-refractivity contribution < 1.29 is 4.74 Å². The monoisotopic (exact) mass is 352 g/mol. The van der Waals surface area contributed by atoms with Crippen LogP contribution in [0.4, 0.5) is 0 Å². The first kappa shape index (κ1) is 13.4.